The number of hydrogen-bond donors (Lipinski definition) is 1. The van der Waals surface area contributed by atoms with Gasteiger partial charge in [0, 0.05) is 17.9 Å². The Labute approximate surface area is 246 Å². The molecule has 0 radical (unpaired) electrons. The van der Waals surface area contributed by atoms with Gasteiger partial charge in [0.15, 0.2) is 9.75 Å². The predicted molar refractivity (Wildman–Crippen MR) is 154 cm³/mol. The predicted octanol–water partition coefficient (Wildman–Crippen LogP) is 3.58. The van der Waals surface area contributed by atoms with Gasteiger partial charge in [0.25, 0.3) is 11.8 Å². The van der Waals surface area contributed by atoms with E-state index in [1.165, 1.54) is 9.36 Å². The van der Waals surface area contributed by atoms with Gasteiger partial charge in [-0.3, -0.25) is 14.5 Å². The van der Waals surface area contributed by atoms with E-state index in [1.54, 1.807) is 60.7 Å². The van der Waals surface area contributed by atoms with Gasteiger partial charge in [-0.2, -0.15) is 0 Å². The van der Waals surface area contributed by atoms with E-state index in [2.05, 4.69) is 22.5 Å². The molecule has 1 aromatic heterocycles. The summed E-state index contributed by atoms with van der Waals surface area (Å²) in [6.07, 6.45) is 3.49. The summed E-state index contributed by atoms with van der Waals surface area (Å²) in [5.41, 5.74) is 0.432. The lowest BCUT2D eigenvalue weighted by Crippen LogP contribution is -2.59. The highest BCUT2D eigenvalue weighted by atomic mass is 79.9. The maximum Gasteiger partial charge on any atom is 0.352 e. The molecule has 0 bridgehead atoms. The van der Waals surface area contributed by atoms with Crippen LogP contribution in [0.25, 0.3) is 5.69 Å². The molecule has 40 heavy (non-hydrogen) atoms. The zero-order chi connectivity index (χ0) is 28.6. The van der Waals surface area contributed by atoms with Crippen molar-refractivity contribution in [1.29, 1.82) is 0 Å². The number of halogens is 3. The van der Waals surface area contributed by atoms with E-state index in [1.807, 2.05) is 0 Å². The molecule has 4 unspecified atom stereocenters. The number of rotatable bonds is 5. The second-order valence-electron chi connectivity index (χ2n) is 10.0. The molecule has 1 saturated carbocycles. The van der Waals surface area contributed by atoms with Crippen molar-refractivity contribution in [2.24, 2.45) is 0 Å². The van der Waals surface area contributed by atoms with Crippen LogP contribution in [0.15, 0.2) is 82.4 Å². The Kier molecular flexibility index (Phi) is 6.28. The normalized spacial score (nSPS) is 27.2. The van der Waals surface area contributed by atoms with Gasteiger partial charge >= 0.3 is 11.4 Å². The number of carbonyl (C=O) groups excluding carboxylic acids is 2. The van der Waals surface area contributed by atoms with E-state index >= 15 is 0 Å². The summed E-state index contributed by atoms with van der Waals surface area (Å²) >= 11 is 17.6. The largest absolute Gasteiger partial charge is 0.507 e. The Morgan fingerprint density at radius 2 is 1.75 bits per heavy atom. The number of phenols is 1. The second kappa shape index (κ2) is 9.36. The van der Waals surface area contributed by atoms with Crippen molar-refractivity contribution < 1.29 is 14.7 Å². The molecule has 9 nitrogen and oxygen atoms in total. The molecule has 0 spiro atoms. The number of phenolic OH excluding ortho intramolecular Hbond substituents is 1. The highest BCUT2D eigenvalue weighted by molar-refractivity contribution is 9.09. The highest BCUT2D eigenvalue weighted by Crippen LogP contribution is 2.64. The molecule has 3 heterocycles. The molecule has 206 valence electrons. The number of aromatic hydroxyl groups is 1. The van der Waals surface area contributed by atoms with Crippen molar-refractivity contribution in [3.63, 3.8) is 0 Å². The molecule has 2 aromatic carbocycles. The number of para-hydroxylation sites is 2. The second-order valence-corrected chi connectivity index (χ2v) is 11.8. The van der Waals surface area contributed by atoms with E-state index in [-0.39, 0.29) is 24.2 Å². The first-order valence-corrected chi connectivity index (χ1v) is 14.4. The summed E-state index contributed by atoms with van der Waals surface area (Å²) in [4.78, 5) is 51.8. The van der Waals surface area contributed by atoms with Crippen molar-refractivity contribution in [2.45, 2.75) is 41.1 Å². The molecule has 6 rings (SSSR count). The van der Waals surface area contributed by atoms with Crippen LogP contribution in [0.1, 0.15) is 29.5 Å². The first-order valence-electron chi connectivity index (χ1n) is 12.5. The number of aromatic nitrogens is 3. The fraction of sp³-hybridized carbons (Fsp3) is 0.286. The lowest BCUT2D eigenvalue weighted by molar-refractivity contribution is -0.138. The summed E-state index contributed by atoms with van der Waals surface area (Å²) < 4.78 is 3.64. The monoisotopic (exact) mass is 644 g/mol. The zero-order valence-corrected chi connectivity index (χ0v) is 24.1. The third-order valence-corrected chi connectivity index (χ3v) is 10.0. The van der Waals surface area contributed by atoms with Crippen LogP contribution in [-0.4, -0.2) is 51.0 Å². The number of benzene rings is 2. The maximum absolute atomic E-state index is 13.9. The van der Waals surface area contributed by atoms with E-state index < -0.39 is 44.9 Å². The van der Waals surface area contributed by atoms with Crippen LogP contribution in [0.3, 0.4) is 0 Å². The van der Waals surface area contributed by atoms with Crippen LogP contribution < -0.4 is 11.4 Å². The first-order chi connectivity index (χ1) is 19.1. The summed E-state index contributed by atoms with van der Waals surface area (Å²) in [6, 6.07) is 12.7. The maximum atomic E-state index is 13.9. The molecular formula is C28H23BrCl2N4O5. The van der Waals surface area contributed by atoms with E-state index in [0.717, 1.165) is 9.47 Å². The van der Waals surface area contributed by atoms with Crippen LogP contribution in [0.2, 0.25) is 0 Å². The van der Waals surface area contributed by atoms with E-state index in [0.29, 0.717) is 28.8 Å². The van der Waals surface area contributed by atoms with Gasteiger partial charge in [0.2, 0.25) is 0 Å². The Hall–Kier alpha value is -3.34. The molecular weight excluding hydrogens is 623 g/mol. The minimum atomic E-state index is -2.01. The standard InChI is InChI=1S/C28H23BrCl2N4O5/c1-2-7-16-8-6-11-19(22(16)36)21-18-12-13-33-25(39)34(17-9-4-3-5-10-17)26(40)35(33)20(18)14-27(30)23(37)32(15-29)24(38)28(21,27)31/h2-6,8-12,20-21,36H,1,7,13-15H2. The number of alkyl halides is 3. The van der Waals surface area contributed by atoms with Crippen LogP contribution in [0.4, 0.5) is 0 Å². The fourth-order valence-corrected chi connectivity index (χ4v) is 7.72. The van der Waals surface area contributed by atoms with Crippen LogP contribution in [-0.2, 0) is 22.6 Å². The molecule has 12 heteroatoms. The number of allylic oxidation sites excluding steroid dienone is 3. The van der Waals surface area contributed by atoms with Crippen molar-refractivity contribution >= 4 is 50.9 Å². The van der Waals surface area contributed by atoms with E-state index in [9.17, 15) is 24.3 Å². The Morgan fingerprint density at radius 1 is 1.02 bits per heavy atom. The van der Waals surface area contributed by atoms with Crippen LogP contribution >= 0.6 is 39.1 Å². The molecule has 1 aliphatic carbocycles. The summed E-state index contributed by atoms with van der Waals surface area (Å²) in [5.74, 6) is -2.62. The quantitative estimate of drug-likeness (QED) is 0.198. The van der Waals surface area contributed by atoms with Gasteiger partial charge in [0.1, 0.15) is 5.75 Å². The Bertz CT molecular complexity index is 1750. The van der Waals surface area contributed by atoms with Crippen molar-refractivity contribution in [3.05, 3.63) is 105 Å². The number of amides is 2. The van der Waals surface area contributed by atoms with Gasteiger partial charge in [-0.05, 0) is 29.7 Å². The molecule has 4 atom stereocenters. The molecule has 2 fully saturated rings. The Morgan fingerprint density at radius 3 is 2.42 bits per heavy atom. The Balaban J connectivity index is 1.63. The molecule has 1 saturated heterocycles. The minimum Gasteiger partial charge on any atom is -0.507 e. The number of imide groups is 1. The third-order valence-electron chi connectivity index (χ3n) is 8.12. The smallest absolute Gasteiger partial charge is 0.352 e. The minimum absolute atomic E-state index is 0.00982. The van der Waals surface area contributed by atoms with Gasteiger partial charge in [-0.25, -0.2) is 23.5 Å². The van der Waals surface area contributed by atoms with Crippen molar-refractivity contribution in [1.82, 2.24) is 18.8 Å². The summed E-state index contributed by atoms with van der Waals surface area (Å²) in [5, 5.41) is 11.4. The first kappa shape index (κ1) is 26.9. The molecule has 1 N–H and O–H groups in total. The topological polar surface area (TPSA) is 107 Å². The average molecular weight is 646 g/mol. The molecule has 2 aliphatic heterocycles. The summed E-state index contributed by atoms with van der Waals surface area (Å²) in [7, 11) is 0. The third kappa shape index (κ3) is 3.33. The molecule has 2 amide bonds. The zero-order valence-electron chi connectivity index (χ0n) is 21.0. The number of likely N-dealkylation sites (tertiary alicyclic amines) is 1. The van der Waals surface area contributed by atoms with Crippen molar-refractivity contribution in [2.75, 3.05) is 5.45 Å². The van der Waals surface area contributed by atoms with Crippen LogP contribution in [0.5, 0.6) is 5.75 Å². The van der Waals surface area contributed by atoms with Gasteiger partial charge in [-0.15, -0.1) is 29.8 Å². The lowest BCUT2D eigenvalue weighted by Gasteiger charge is -2.49. The number of hydrogen-bond acceptors (Lipinski definition) is 5. The number of nitrogens with zero attached hydrogens (tertiary/aromatic N) is 4. The fourth-order valence-electron chi connectivity index (χ4n) is 6.32. The summed E-state index contributed by atoms with van der Waals surface area (Å²) in [6.45, 7) is 3.75. The van der Waals surface area contributed by atoms with E-state index in [4.69, 9.17) is 23.2 Å². The highest BCUT2D eigenvalue weighted by Gasteiger charge is 2.75. The van der Waals surface area contributed by atoms with Gasteiger partial charge in [-0.1, -0.05) is 64.5 Å². The number of carbonyl (C=O) groups is 2. The van der Waals surface area contributed by atoms with Crippen molar-refractivity contribution in [3.8, 4) is 11.4 Å². The number of fused-ring (bicyclic) bond motifs is 4. The molecule has 3 aromatic rings. The lowest BCUT2D eigenvalue weighted by atomic mass is 9.64. The SMILES string of the molecule is C=CCc1cccc(C2C3=CCn4c(=O)n(-c5ccccc5)c(=O)n4C3CC3(Cl)C(=O)N(CBr)C(=O)C23Cl)c1O. The van der Waals surface area contributed by atoms with Crippen LogP contribution in [0, 0.1) is 0 Å². The average Bonchev–Trinajstić information content (AvgIpc) is 3.28. The van der Waals surface area contributed by atoms with Gasteiger partial charge < -0.3 is 5.11 Å². The molecule has 3 aliphatic rings. The van der Waals surface area contributed by atoms with Gasteiger partial charge in [0.05, 0.1) is 23.7 Å².